The number of nitrogens with zero attached hydrogens (tertiary/aromatic N) is 1. The zero-order chi connectivity index (χ0) is 10.9. The Labute approximate surface area is 93.2 Å². The second kappa shape index (κ2) is 4.23. The van der Waals surface area contributed by atoms with E-state index < -0.39 is 16.4 Å². The van der Waals surface area contributed by atoms with Crippen molar-refractivity contribution in [3.05, 3.63) is 38.7 Å². The quantitative estimate of drug-likeness (QED) is 0.470. The Morgan fingerprint density at radius 2 is 2.21 bits per heavy atom. The lowest BCUT2D eigenvalue weighted by molar-refractivity contribution is -0.387. The van der Waals surface area contributed by atoms with E-state index in [2.05, 4.69) is 15.9 Å². The number of hydrogen-bond donors (Lipinski definition) is 0. The summed E-state index contributed by atoms with van der Waals surface area (Å²) in [6.45, 7) is 1.76. The van der Waals surface area contributed by atoms with E-state index in [1.807, 2.05) is 0 Å². The van der Waals surface area contributed by atoms with Crippen LogP contribution in [-0.4, -0.2) is 4.92 Å². The van der Waals surface area contributed by atoms with Crippen LogP contribution in [0.5, 0.6) is 0 Å². The van der Waals surface area contributed by atoms with Gasteiger partial charge in [-0.25, -0.2) is 0 Å². The summed E-state index contributed by atoms with van der Waals surface area (Å²) in [7, 11) is 0. The van der Waals surface area contributed by atoms with Gasteiger partial charge < -0.3 is 0 Å². The molecule has 6 heteroatoms. The second-order valence-corrected chi connectivity index (χ2v) is 4.43. The predicted molar refractivity (Wildman–Crippen MR) is 55.4 cm³/mol. The molecule has 1 aromatic rings. The monoisotopic (exact) mass is 281 g/mol. The fourth-order valence-corrected chi connectivity index (χ4v) is 1.84. The van der Waals surface area contributed by atoms with Gasteiger partial charge in [-0.1, -0.05) is 27.5 Å². The van der Waals surface area contributed by atoms with Crippen LogP contribution in [-0.2, 0) is 0 Å². The molecule has 0 aliphatic carbocycles. The molecule has 76 valence electrons. The van der Waals surface area contributed by atoms with E-state index >= 15 is 0 Å². The molecule has 0 saturated heterocycles. The maximum absolute atomic E-state index is 13.3. The van der Waals surface area contributed by atoms with Crippen LogP contribution in [0.2, 0.25) is 5.02 Å². The van der Waals surface area contributed by atoms with E-state index in [0.29, 0.717) is 5.56 Å². The molecule has 0 heterocycles. The lowest BCUT2D eigenvalue weighted by Crippen LogP contribution is -1.96. The molecule has 0 bridgehead atoms. The van der Waals surface area contributed by atoms with Gasteiger partial charge in [0.2, 0.25) is 5.82 Å². The smallest absolute Gasteiger partial charge is 0.258 e. The molecule has 1 unspecified atom stereocenters. The Bertz CT molecular complexity index is 384. The van der Waals surface area contributed by atoms with Crippen molar-refractivity contribution in [3.8, 4) is 0 Å². The molecule has 14 heavy (non-hydrogen) atoms. The molecular formula is C8H6BrClFNO2. The number of rotatable bonds is 2. The molecule has 1 aromatic carbocycles. The minimum absolute atomic E-state index is 0.148. The summed E-state index contributed by atoms with van der Waals surface area (Å²) in [5.74, 6) is -0.986. The first-order chi connectivity index (χ1) is 6.45. The van der Waals surface area contributed by atoms with Gasteiger partial charge in [0.25, 0.3) is 0 Å². The van der Waals surface area contributed by atoms with Gasteiger partial charge in [0.1, 0.15) is 0 Å². The van der Waals surface area contributed by atoms with Gasteiger partial charge in [0.15, 0.2) is 0 Å². The first-order valence-corrected chi connectivity index (χ1v) is 5.01. The first kappa shape index (κ1) is 11.4. The van der Waals surface area contributed by atoms with Gasteiger partial charge in [-0.3, -0.25) is 10.1 Å². The van der Waals surface area contributed by atoms with Crippen LogP contribution in [0.15, 0.2) is 12.1 Å². The third-order valence-corrected chi connectivity index (χ3v) is 2.59. The van der Waals surface area contributed by atoms with E-state index in [4.69, 9.17) is 11.6 Å². The molecule has 0 spiro atoms. The summed E-state index contributed by atoms with van der Waals surface area (Å²) in [5, 5.41) is 10.1. The molecule has 3 nitrogen and oxygen atoms in total. The lowest BCUT2D eigenvalue weighted by Gasteiger charge is -2.06. The van der Waals surface area contributed by atoms with Crippen molar-refractivity contribution in [1.29, 1.82) is 0 Å². The Balaban J connectivity index is 3.33. The highest BCUT2D eigenvalue weighted by Gasteiger charge is 2.21. The number of nitro benzene ring substituents is 1. The highest BCUT2D eigenvalue weighted by Crippen LogP contribution is 2.34. The molecule has 0 radical (unpaired) electrons. The van der Waals surface area contributed by atoms with Crippen molar-refractivity contribution < 1.29 is 9.31 Å². The summed E-state index contributed by atoms with van der Waals surface area (Å²) in [4.78, 5) is 9.40. The summed E-state index contributed by atoms with van der Waals surface area (Å²) in [6.07, 6.45) is 0. The maximum atomic E-state index is 13.3. The SMILES string of the molecule is CC(Br)c1ccc([N+](=O)[O-])c(F)c1Cl. The van der Waals surface area contributed by atoms with Gasteiger partial charge in [-0.05, 0) is 18.6 Å². The fraction of sp³-hybridized carbons (Fsp3) is 0.250. The average molecular weight is 282 g/mol. The van der Waals surface area contributed by atoms with Crippen LogP contribution in [0.1, 0.15) is 17.3 Å². The Morgan fingerprint density at radius 3 is 2.64 bits per heavy atom. The minimum Gasteiger partial charge on any atom is -0.258 e. The van der Waals surface area contributed by atoms with Crippen LogP contribution >= 0.6 is 27.5 Å². The maximum Gasteiger partial charge on any atom is 0.306 e. The minimum atomic E-state index is -0.986. The molecule has 0 fully saturated rings. The van der Waals surface area contributed by atoms with Crippen LogP contribution in [0.25, 0.3) is 0 Å². The lowest BCUT2D eigenvalue weighted by atomic mass is 10.1. The van der Waals surface area contributed by atoms with E-state index in [-0.39, 0.29) is 9.85 Å². The molecule has 0 N–H and O–H groups in total. The van der Waals surface area contributed by atoms with Crippen LogP contribution in [0, 0.1) is 15.9 Å². The molecule has 0 saturated carbocycles. The summed E-state index contributed by atoms with van der Waals surface area (Å²) in [5.41, 5.74) is -0.110. The van der Waals surface area contributed by atoms with E-state index in [1.54, 1.807) is 6.92 Å². The fourth-order valence-electron chi connectivity index (χ4n) is 1.00. The standard InChI is InChI=1S/C8H6BrClFNO2/c1-4(9)5-2-3-6(12(13)14)8(11)7(5)10/h2-4H,1H3. The average Bonchev–Trinajstić information content (AvgIpc) is 2.08. The Kier molecular flexibility index (Phi) is 3.44. The third-order valence-electron chi connectivity index (χ3n) is 1.72. The van der Waals surface area contributed by atoms with Crippen molar-refractivity contribution >= 4 is 33.2 Å². The number of benzene rings is 1. The van der Waals surface area contributed by atoms with Crippen molar-refractivity contribution in [2.75, 3.05) is 0 Å². The highest BCUT2D eigenvalue weighted by atomic mass is 79.9. The first-order valence-electron chi connectivity index (χ1n) is 3.71. The van der Waals surface area contributed by atoms with Crippen LogP contribution < -0.4 is 0 Å². The molecule has 1 rings (SSSR count). The van der Waals surface area contributed by atoms with E-state index in [0.717, 1.165) is 6.07 Å². The molecular weight excluding hydrogens is 276 g/mol. The summed E-state index contributed by atoms with van der Waals surface area (Å²) < 4.78 is 13.3. The summed E-state index contributed by atoms with van der Waals surface area (Å²) >= 11 is 8.84. The van der Waals surface area contributed by atoms with E-state index in [1.165, 1.54) is 6.07 Å². The van der Waals surface area contributed by atoms with Gasteiger partial charge in [-0.2, -0.15) is 4.39 Å². The molecule has 0 amide bonds. The Morgan fingerprint density at radius 1 is 1.64 bits per heavy atom. The second-order valence-electron chi connectivity index (χ2n) is 2.67. The van der Waals surface area contributed by atoms with Crippen molar-refractivity contribution in [1.82, 2.24) is 0 Å². The number of hydrogen-bond acceptors (Lipinski definition) is 2. The number of nitro groups is 1. The third kappa shape index (κ3) is 2.04. The number of halogens is 3. The number of alkyl halides is 1. The van der Waals surface area contributed by atoms with Gasteiger partial charge >= 0.3 is 5.69 Å². The van der Waals surface area contributed by atoms with Crippen LogP contribution in [0.3, 0.4) is 0 Å². The van der Waals surface area contributed by atoms with E-state index in [9.17, 15) is 14.5 Å². The van der Waals surface area contributed by atoms with Crippen molar-refractivity contribution in [2.24, 2.45) is 0 Å². The largest absolute Gasteiger partial charge is 0.306 e. The molecule has 0 aromatic heterocycles. The predicted octanol–water partition coefficient (Wildman–Crippen LogP) is 3.84. The molecule has 0 aliphatic heterocycles. The topological polar surface area (TPSA) is 43.1 Å². The zero-order valence-corrected chi connectivity index (χ0v) is 9.47. The normalized spacial score (nSPS) is 12.6. The molecule has 1 atom stereocenters. The van der Waals surface area contributed by atoms with Crippen molar-refractivity contribution in [2.45, 2.75) is 11.8 Å². The zero-order valence-electron chi connectivity index (χ0n) is 7.13. The molecule has 0 aliphatic rings. The van der Waals surface area contributed by atoms with Gasteiger partial charge in [0, 0.05) is 10.9 Å². The van der Waals surface area contributed by atoms with Crippen molar-refractivity contribution in [3.63, 3.8) is 0 Å². The van der Waals surface area contributed by atoms with Gasteiger partial charge in [-0.15, -0.1) is 0 Å². The van der Waals surface area contributed by atoms with Gasteiger partial charge in [0.05, 0.1) is 9.95 Å². The van der Waals surface area contributed by atoms with Crippen LogP contribution in [0.4, 0.5) is 10.1 Å². The highest BCUT2D eigenvalue weighted by molar-refractivity contribution is 9.09. The summed E-state index contributed by atoms with van der Waals surface area (Å²) in [6, 6.07) is 2.54. The Hall–Kier alpha value is -0.680.